The average Bonchev–Trinajstić information content (AvgIpc) is 3.01. The number of nitrogens with zero attached hydrogens (tertiary/aromatic N) is 4. The zero-order valence-corrected chi connectivity index (χ0v) is 12.4. The van der Waals surface area contributed by atoms with Gasteiger partial charge >= 0.3 is 0 Å². The van der Waals surface area contributed by atoms with Crippen LogP contribution in [0.25, 0.3) is 16.7 Å². The Labute approximate surface area is 131 Å². The summed E-state index contributed by atoms with van der Waals surface area (Å²) in [5, 5.41) is 8.58. The van der Waals surface area contributed by atoms with Crippen LogP contribution in [0.15, 0.2) is 48.8 Å². The zero-order chi connectivity index (χ0) is 15.1. The molecule has 0 saturated heterocycles. The van der Waals surface area contributed by atoms with E-state index in [2.05, 4.69) is 15.2 Å². The Kier molecular flexibility index (Phi) is 2.94. The molecule has 0 fully saturated rings. The van der Waals surface area contributed by atoms with Crippen LogP contribution in [0.5, 0.6) is 11.6 Å². The second-order valence-electron chi connectivity index (χ2n) is 4.97. The Morgan fingerprint density at radius 3 is 2.91 bits per heavy atom. The van der Waals surface area contributed by atoms with Crippen molar-refractivity contribution in [2.45, 2.75) is 6.92 Å². The first-order chi connectivity index (χ1) is 10.7. The maximum atomic E-state index is 6.19. The summed E-state index contributed by atoms with van der Waals surface area (Å²) >= 11 is 6.19. The van der Waals surface area contributed by atoms with Crippen molar-refractivity contribution < 1.29 is 4.74 Å². The molecule has 0 aliphatic rings. The molecule has 0 radical (unpaired) electrons. The van der Waals surface area contributed by atoms with Crippen molar-refractivity contribution in [3.05, 3.63) is 59.4 Å². The monoisotopic (exact) mass is 310 g/mol. The van der Waals surface area contributed by atoms with Crippen molar-refractivity contribution in [1.82, 2.24) is 19.6 Å². The van der Waals surface area contributed by atoms with Gasteiger partial charge in [-0.05, 0) is 36.8 Å². The Bertz CT molecular complexity index is 996. The minimum Gasteiger partial charge on any atom is -0.434 e. The molecule has 0 bridgehead atoms. The predicted molar refractivity (Wildman–Crippen MR) is 84.6 cm³/mol. The third-order valence-electron chi connectivity index (χ3n) is 3.40. The summed E-state index contributed by atoms with van der Waals surface area (Å²) in [6.07, 6.45) is 1.64. The van der Waals surface area contributed by atoms with E-state index in [1.54, 1.807) is 12.4 Å². The van der Waals surface area contributed by atoms with Crippen LogP contribution < -0.4 is 4.74 Å². The van der Waals surface area contributed by atoms with E-state index < -0.39 is 0 Å². The van der Waals surface area contributed by atoms with Crippen LogP contribution in [0.1, 0.15) is 5.56 Å². The summed E-state index contributed by atoms with van der Waals surface area (Å²) in [5.41, 5.74) is 3.33. The molecule has 4 rings (SSSR count). The van der Waals surface area contributed by atoms with Gasteiger partial charge in [0.15, 0.2) is 0 Å². The van der Waals surface area contributed by atoms with Crippen LogP contribution in [-0.2, 0) is 0 Å². The van der Waals surface area contributed by atoms with E-state index in [4.69, 9.17) is 16.3 Å². The molecular weight excluding hydrogens is 300 g/mol. The molecule has 0 aliphatic carbocycles. The molecule has 2 aromatic heterocycles. The second kappa shape index (κ2) is 4.96. The van der Waals surface area contributed by atoms with Gasteiger partial charge in [-0.1, -0.05) is 29.8 Å². The van der Waals surface area contributed by atoms with Gasteiger partial charge in [-0.15, -0.1) is 10.2 Å². The SMILES string of the molecule is Cc1ccc(Cl)c(Oc2nc3ccccc3n3cnnc23)c1. The number of rotatable bonds is 2. The maximum Gasteiger partial charge on any atom is 0.266 e. The number of ether oxygens (including phenoxy) is 1. The summed E-state index contributed by atoms with van der Waals surface area (Å²) in [4.78, 5) is 4.54. The van der Waals surface area contributed by atoms with Crippen molar-refractivity contribution in [2.75, 3.05) is 0 Å². The molecule has 0 unspecified atom stereocenters. The van der Waals surface area contributed by atoms with Gasteiger partial charge < -0.3 is 4.74 Å². The molecule has 0 saturated carbocycles. The molecule has 5 nitrogen and oxygen atoms in total. The lowest BCUT2D eigenvalue weighted by Gasteiger charge is -2.09. The van der Waals surface area contributed by atoms with Crippen LogP contribution in [0.4, 0.5) is 0 Å². The highest BCUT2D eigenvalue weighted by Crippen LogP contribution is 2.32. The van der Waals surface area contributed by atoms with Gasteiger partial charge in [0.1, 0.15) is 12.1 Å². The highest BCUT2D eigenvalue weighted by atomic mass is 35.5. The fourth-order valence-corrected chi connectivity index (χ4v) is 2.50. The first kappa shape index (κ1) is 13.0. The molecule has 0 atom stereocenters. The van der Waals surface area contributed by atoms with Crippen LogP contribution in [0.2, 0.25) is 5.02 Å². The third-order valence-corrected chi connectivity index (χ3v) is 3.71. The van der Waals surface area contributed by atoms with Crippen LogP contribution >= 0.6 is 11.6 Å². The van der Waals surface area contributed by atoms with Gasteiger partial charge in [0.05, 0.1) is 16.1 Å². The zero-order valence-electron chi connectivity index (χ0n) is 11.7. The fourth-order valence-electron chi connectivity index (χ4n) is 2.34. The van der Waals surface area contributed by atoms with E-state index in [1.807, 2.05) is 47.7 Å². The van der Waals surface area contributed by atoms with Gasteiger partial charge in [-0.25, -0.2) is 4.98 Å². The Morgan fingerprint density at radius 1 is 1.14 bits per heavy atom. The molecule has 0 amide bonds. The average molecular weight is 311 g/mol. The molecule has 0 spiro atoms. The number of aromatic nitrogens is 4. The van der Waals surface area contributed by atoms with Gasteiger partial charge in [0.25, 0.3) is 5.88 Å². The number of para-hydroxylation sites is 2. The lowest BCUT2D eigenvalue weighted by Crippen LogP contribution is -1.97. The van der Waals surface area contributed by atoms with E-state index in [0.717, 1.165) is 16.6 Å². The molecule has 22 heavy (non-hydrogen) atoms. The van der Waals surface area contributed by atoms with Crippen LogP contribution in [0.3, 0.4) is 0 Å². The molecule has 108 valence electrons. The van der Waals surface area contributed by atoms with E-state index >= 15 is 0 Å². The van der Waals surface area contributed by atoms with E-state index in [9.17, 15) is 0 Å². The summed E-state index contributed by atoms with van der Waals surface area (Å²) in [6, 6.07) is 13.3. The van der Waals surface area contributed by atoms with Crippen molar-refractivity contribution in [3.63, 3.8) is 0 Å². The summed E-state index contributed by atoms with van der Waals surface area (Å²) in [5.74, 6) is 0.929. The van der Waals surface area contributed by atoms with Gasteiger partial charge in [0, 0.05) is 0 Å². The number of fused-ring (bicyclic) bond motifs is 3. The van der Waals surface area contributed by atoms with Gasteiger partial charge in [-0.2, -0.15) is 0 Å². The van der Waals surface area contributed by atoms with Crippen LogP contribution in [-0.4, -0.2) is 19.6 Å². The Balaban J connectivity index is 1.93. The molecule has 0 N–H and O–H groups in total. The number of hydrogen-bond donors (Lipinski definition) is 0. The highest BCUT2D eigenvalue weighted by Gasteiger charge is 2.13. The summed E-state index contributed by atoms with van der Waals surface area (Å²) in [7, 11) is 0. The topological polar surface area (TPSA) is 52.3 Å². The Morgan fingerprint density at radius 2 is 2.00 bits per heavy atom. The maximum absolute atomic E-state index is 6.19. The van der Waals surface area contributed by atoms with Gasteiger partial charge in [0.2, 0.25) is 5.65 Å². The summed E-state index contributed by atoms with van der Waals surface area (Å²) in [6.45, 7) is 1.98. The van der Waals surface area contributed by atoms with Crippen molar-refractivity contribution in [1.29, 1.82) is 0 Å². The Hall–Kier alpha value is -2.66. The molecule has 0 aliphatic heterocycles. The normalized spacial score (nSPS) is 11.2. The van der Waals surface area contributed by atoms with E-state index in [0.29, 0.717) is 22.3 Å². The lowest BCUT2D eigenvalue weighted by atomic mass is 10.2. The quantitative estimate of drug-likeness (QED) is 0.561. The third kappa shape index (κ3) is 2.07. The minimum absolute atomic E-state index is 0.378. The number of hydrogen-bond acceptors (Lipinski definition) is 4. The molecule has 2 aromatic carbocycles. The molecule has 2 heterocycles. The number of aryl methyl sites for hydroxylation is 1. The van der Waals surface area contributed by atoms with Crippen molar-refractivity contribution >= 4 is 28.3 Å². The lowest BCUT2D eigenvalue weighted by molar-refractivity contribution is 0.467. The molecular formula is C16H11ClN4O. The van der Waals surface area contributed by atoms with Crippen LogP contribution in [0, 0.1) is 6.92 Å². The summed E-state index contributed by atoms with van der Waals surface area (Å²) < 4.78 is 7.75. The van der Waals surface area contributed by atoms with Crippen molar-refractivity contribution in [2.24, 2.45) is 0 Å². The minimum atomic E-state index is 0.378. The first-order valence-electron chi connectivity index (χ1n) is 6.75. The number of halogens is 1. The van der Waals surface area contributed by atoms with E-state index in [-0.39, 0.29) is 0 Å². The number of benzene rings is 2. The van der Waals surface area contributed by atoms with Crippen molar-refractivity contribution in [3.8, 4) is 11.6 Å². The molecule has 4 aromatic rings. The first-order valence-corrected chi connectivity index (χ1v) is 7.13. The smallest absolute Gasteiger partial charge is 0.266 e. The van der Waals surface area contributed by atoms with E-state index in [1.165, 1.54) is 0 Å². The standard InChI is InChI=1S/C16H11ClN4O/c1-10-6-7-11(17)14(8-10)22-16-15-20-18-9-21(15)13-5-3-2-4-12(13)19-16/h2-9H,1H3. The largest absolute Gasteiger partial charge is 0.434 e. The molecule has 6 heteroatoms. The second-order valence-corrected chi connectivity index (χ2v) is 5.37. The highest BCUT2D eigenvalue weighted by molar-refractivity contribution is 6.32. The predicted octanol–water partition coefficient (Wildman–Crippen LogP) is 4.03. The fraction of sp³-hybridized carbons (Fsp3) is 0.0625. The van der Waals surface area contributed by atoms with Gasteiger partial charge in [-0.3, -0.25) is 4.40 Å².